The summed E-state index contributed by atoms with van der Waals surface area (Å²) in [6, 6.07) is 18.0. The molecule has 2 aliphatic heterocycles. The maximum atomic E-state index is 13.4. The Morgan fingerprint density at radius 3 is 2.58 bits per heavy atom. The second-order valence-corrected chi connectivity index (χ2v) is 10.0. The van der Waals surface area contributed by atoms with Crippen LogP contribution in [-0.4, -0.2) is 37.5 Å². The number of fused-ring (bicyclic) bond motifs is 1. The first-order chi connectivity index (χ1) is 17.5. The SMILES string of the molecule is Cc1ccc(NC(=O)C2CCCCN2)cc1C(=O)NC(C)c1cc(C2CNNC2)cc2ccccc12. The van der Waals surface area contributed by atoms with Crippen LogP contribution in [0.5, 0.6) is 0 Å². The Hall–Kier alpha value is -3.26. The molecule has 2 heterocycles. The first-order valence-electron chi connectivity index (χ1n) is 12.9. The molecule has 0 radical (unpaired) electrons. The molecule has 0 aromatic heterocycles. The summed E-state index contributed by atoms with van der Waals surface area (Å²) in [5.41, 5.74) is 10.9. The van der Waals surface area contributed by atoms with Gasteiger partial charge in [0.15, 0.2) is 0 Å². The van der Waals surface area contributed by atoms with Crippen molar-refractivity contribution in [1.29, 1.82) is 0 Å². The van der Waals surface area contributed by atoms with E-state index in [0.29, 0.717) is 17.2 Å². The van der Waals surface area contributed by atoms with Crippen molar-refractivity contribution in [3.63, 3.8) is 0 Å². The zero-order valence-corrected chi connectivity index (χ0v) is 21.0. The lowest BCUT2D eigenvalue weighted by Crippen LogP contribution is -2.43. The number of nitrogens with one attached hydrogen (secondary N) is 5. The molecule has 5 N–H and O–H groups in total. The van der Waals surface area contributed by atoms with E-state index < -0.39 is 0 Å². The second kappa shape index (κ2) is 10.8. The number of benzene rings is 3. The molecular formula is C29H35N5O2. The Balaban J connectivity index is 1.36. The van der Waals surface area contributed by atoms with Crippen LogP contribution in [0, 0.1) is 6.92 Å². The number of anilines is 1. The molecule has 2 unspecified atom stereocenters. The van der Waals surface area contributed by atoms with Gasteiger partial charge in [-0.3, -0.25) is 20.4 Å². The van der Waals surface area contributed by atoms with E-state index in [1.807, 2.05) is 32.0 Å². The maximum Gasteiger partial charge on any atom is 0.252 e. The third-order valence-electron chi connectivity index (χ3n) is 7.40. The molecule has 0 aliphatic carbocycles. The van der Waals surface area contributed by atoms with Crippen molar-refractivity contribution >= 4 is 28.3 Å². The molecule has 0 saturated carbocycles. The molecule has 2 fully saturated rings. The zero-order valence-electron chi connectivity index (χ0n) is 21.0. The molecule has 2 saturated heterocycles. The predicted octanol–water partition coefficient (Wildman–Crippen LogP) is 3.91. The molecule has 3 aromatic rings. The van der Waals surface area contributed by atoms with Gasteiger partial charge in [-0.25, -0.2) is 0 Å². The highest BCUT2D eigenvalue weighted by molar-refractivity contribution is 6.00. The van der Waals surface area contributed by atoms with Gasteiger partial charge in [-0.2, -0.15) is 0 Å². The van der Waals surface area contributed by atoms with E-state index in [-0.39, 0.29) is 23.9 Å². The Bertz CT molecular complexity index is 1260. The van der Waals surface area contributed by atoms with Crippen molar-refractivity contribution in [3.8, 4) is 0 Å². The van der Waals surface area contributed by atoms with Crippen LogP contribution in [0.25, 0.3) is 10.8 Å². The lowest BCUT2D eigenvalue weighted by Gasteiger charge is -2.23. The van der Waals surface area contributed by atoms with Gasteiger partial charge in [0.25, 0.3) is 5.91 Å². The Morgan fingerprint density at radius 1 is 1.00 bits per heavy atom. The standard InChI is InChI=1S/C29H35N5O2/c1-18-10-11-23(34-29(36)27-9-5-6-12-30-27)15-25(18)28(35)33-19(2)26-14-21(22-16-31-32-17-22)13-20-7-3-4-8-24(20)26/h3-4,7-8,10-11,13-15,19,22,27,30-32H,5-6,9,12,16-17H2,1-2H3,(H,33,35)(H,34,36). The zero-order chi connectivity index (χ0) is 25.1. The molecule has 0 bridgehead atoms. The van der Waals surface area contributed by atoms with Crippen LogP contribution in [0.1, 0.15) is 65.2 Å². The molecule has 2 atom stereocenters. The van der Waals surface area contributed by atoms with Crippen molar-refractivity contribution in [2.75, 3.05) is 25.0 Å². The first kappa shape index (κ1) is 24.4. The summed E-state index contributed by atoms with van der Waals surface area (Å²) in [6.07, 6.45) is 2.99. The van der Waals surface area contributed by atoms with Crippen LogP contribution in [0.4, 0.5) is 5.69 Å². The van der Waals surface area contributed by atoms with Gasteiger partial charge >= 0.3 is 0 Å². The quantitative estimate of drug-likeness (QED) is 0.365. The summed E-state index contributed by atoms with van der Waals surface area (Å²) in [6.45, 7) is 6.58. The first-order valence-corrected chi connectivity index (χ1v) is 12.9. The molecule has 5 rings (SSSR count). The molecule has 0 spiro atoms. The number of amides is 2. The Kier molecular flexibility index (Phi) is 7.32. The summed E-state index contributed by atoms with van der Waals surface area (Å²) in [7, 11) is 0. The number of aryl methyl sites for hydroxylation is 1. The summed E-state index contributed by atoms with van der Waals surface area (Å²) in [4.78, 5) is 26.1. The molecular weight excluding hydrogens is 450 g/mol. The largest absolute Gasteiger partial charge is 0.345 e. The van der Waals surface area contributed by atoms with E-state index in [2.05, 4.69) is 57.1 Å². The molecule has 36 heavy (non-hydrogen) atoms. The van der Waals surface area contributed by atoms with E-state index in [1.165, 1.54) is 10.9 Å². The number of piperidine rings is 1. The number of hydrogen-bond donors (Lipinski definition) is 5. The summed E-state index contributed by atoms with van der Waals surface area (Å²) < 4.78 is 0. The van der Waals surface area contributed by atoms with Gasteiger partial charge in [-0.15, -0.1) is 0 Å². The van der Waals surface area contributed by atoms with Gasteiger partial charge in [0.1, 0.15) is 0 Å². The van der Waals surface area contributed by atoms with E-state index in [0.717, 1.165) is 55.4 Å². The fourth-order valence-corrected chi connectivity index (χ4v) is 5.26. The maximum absolute atomic E-state index is 13.4. The average molecular weight is 486 g/mol. The van der Waals surface area contributed by atoms with Gasteiger partial charge in [0.05, 0.1) is 12.1 Å². The lowest BCUT2D eigenvalue weighted by molar-refractivity contribution is -0.118. The summed E-state index contributed by atoms with van der Waals surface area (Å²) in [5.74, 6) is 0.195. The van der Waals surface area contributed by atoms with Gasteiger partial charge < -0.3 is 16.0 Å². The van der Waals surface area contributed by atoms with Crippen molar-refractivity contribution in [3.05, 3.63) is 76.9 Å². The minimum atomic E-state index is -0.186. The number of hydrogen-bond acceptors (Lipinski definition) is 5. The van der Waals surface area contributed by atoms with E-state index in [1.54, 1.807) is 6.07 Å². The Labute approximate surface area is 212 Å². The number of carbonyl (C=O) groups is 2. The van der Waals surface area contributed by atoms with Crippen molar-refractivity contribution in [2.24, 2.45) is 0 Å². The van der Waals surface area contributed by atoms with Crippen molar-refractivity contribution in [1.82, 2.24) is 21.5 Å². The van der Waals surface area contributed by atoms with Crippen LogP contribution in [-0.2, 0) is 4.79 Å². The van der Waals surface area contributed by atoms with Gasteiger partial charge in [-0.05, 0) is 72.8 Å². The highest BCUT2D eigenvalue weighted by Gasteiger charge is 2.23. The third-order valence-corrected chi connectivity index (χ3v) is 7.40. The van der Waals surface area contributed by atoms with Crippen molar-refractivity contribution in [2.45, 2.75) is 51.1 Å². The highest BCUT2D eigenvalue weighted by atomic mass is 16.2. The fourth-order valence-electron chi connectivity index (χ4n) is 5.26. The van der Waals surface area contributed by atoms with Crippen LogP contribution in [0.15, 0.2) is 54.6 Å². The minimum Gasteiger partial charge on any atom is -0.345 e. The van der Waals surface area contributed by atoms with Crippen LogP contribution in [0.3, 0.4) is 0 Å². The fraction of sp³-hybridized carbons (Fsp3) is 0.379. The van der Waals surface area contributed by atoms with Gasteiger partial charge in [0, 0.05) is 30.3 Å². The Morgan fingerprint density at radius 2 is 1.81 bits per heavy atom. The predicted molar refractivity (Wildman–Crippen MR) is 144 cm³/mol. The summed E-state index contributed by atoms with van der Waals surface area (Å²) >= 11 is 0. The van der Waals surface area contributed by atoms with Crippen LogP contribution < -0.4 is 26.8 Å². The molecule has 2 amide bonds. The molecule has 188 valence electrons. The van der Waals surface area contributed by atoms with Crippen LogP contribution >= 0.6 is 0 Å². The minimum absolute atomic E-state index is 0.0440. The topological polar surface area (TPSA) is 94.3 Å². The molecule has 2 aliphatic rings. The van der Waals surface area contributed by atoms with Gasteiger partial charge in [0.2, 0.25) is 5.91 Å². The van der Waals surface area contributed by atoms with Crippen molar-refractivity contribution < 1.29 is 9.59 Å². The third kappa shape index (κ3) is 5.28. The molecule has 3 aromatic carbocycles. The van der Waals surface area contributed by atoms with E-state index in [9.17, 15) is 9.59 Å². The summed E-state index contributed by atoms with van der Waals surface area (Å²) in [5, 5.41) is 11.8. The monoisotopic (exact) mass is 485 g/mol. The second-order valence-electron chi connectivity index (χ2n) is 10.0. The normalized spacial score (nSPS) is 19.2. The highest BCUT2D eigenvalue weighted by Crippen LogP contribution is 2.30. The van der Waals surface area contributed by atoms with E-state index in [4.69, 9.17) is 0 Å². The smallest absolute Gasteiger partial charge is 0.252 e. The van der Waals surface area contributed by atoms with E-state index >= 15 is 0 Å². The molecule has 7 heteroatoms. The number of carbonyl (C=O) groups excluding carboxylic acids is 2. The number of hydrazine groups is 1. The van der Waals surface area contributed by atoms with Gasteiger partial charge in [-0.1, -0.05) is 48.9 Å². The van der Waals surface area contributed by atoms with Crippen LogP contribution in [0.2, 0.25) is 0 Å². The number of rotatable bonds is 6. The average Bonchev–Trinajstić information content (AvgIpc) is 3.45. The lowest BCUT2D eigenvalue weighted by atomic mass is 9.91. The molecule has 7 nitrogen and oxygen atoms in total.